The molecule has 6 nitrogen and oxygen atoms in total. The highest BCUT2D eigenvalue weighted by Gasteiger charge is 2.59. The van der Waals surface area contributed by atoms with Crippen molar-refractivity contribution in [3.63, 3.8) is 0 Å². The number of ether oxygens (including phenoxy) is 6. The second kappa shape index (κ2) is 3.63. The molecule has 3 heterocycles. The highest BCUT2D eigenvalue weighted by molar-refractivity contribution is 4.96. The first-order valence-corrected chi connectivity index (χ1v) is 5.80. The van der Waals surface area contributed by atoms with Crippen LogP contribution in [-0.4, -0.2) is 50.1 Å². The molecule has 3 aliphatic rings. The quantitative estimate of drug-likeness (QED) is 0.675. The molecule has 5 atom stereocenters. The zero-order valence-corrected chi connectivity index (χ0v) is 10.5. The number of methoxy groups -OCH3 is 1. The lowest BCUT2D eigenvalue weighted by Crippen LogP contribution is -2.45. The van der Waals surface area contributed by atoms with Gasteiger partial charge in [0.25, 0.3) is 5.97 Å². The van der Waals surface area contributed by atoms with Crippen LogP contribution in [0.3, 0.4) is 0 Å². The van der Waals surface area contributed by atoms with Crippen LogP contribution in [0.2, 0.25) is 0 Å². The van der Waals surface area contributed by atoms with Gasteiger partial charge >= 0.3 is 0 Å². The van der Waals surface area contributed by atoms with E-state index in [1.54, 1.807) is 6.92 Å². The van der Waals surface area contributed by atoms with Gasteiger partial charge in [0.2, 0.25) is 0 Å². The van der Waals surface area contributed by atoms with E-state index < -0.39 is 18.1 Å². The predicted octanol–water partition coefficient (Wildman–Crippen LogP) is 0.598. The molecule has 3 rings (SSSR count). The predicted molar refractivity (Wildman–Crippen MR) is 54.9 cm³/mol. The fourth-order valence-corrected chi connectivity index (χ4v) is 2.46. The molecule has 3 fully saturated rings. The van der Waals surface area contributed by atoms with Crippen molar-refractivity contribution < 1.29 is 28.4 Å². The van der Waals surface area contributed by atoms with E-state index in [4.69, 9.17) is 28.4 Å². The van der Waals surface area contributed by atoms with Crippen LogP contribution in [0.4, 0.5) is 0 Å². The van der Waals surface area contributed by atoms with Gasteiger partial charge in [-0.1, -0.05) is 0 Å². The van der Waals surface area contributed by atoms with Gasteiger partial charge in [-0.05, 0) is 13.8 Å². The SMILES string of the molecule is COC1(C)OC[C@H]2O[C@@H](O1)[C@@H]1OC(C)(C)O[C@@H]12. The van der Waals surface area contributed by atoms with Crippen molar-refractivity contribution in [2.75, 3.05) is 13.7 Å². The van der Waals surface area contributed by atoms with Gasteiger partial charge in [0.15, 0.2) is 12.1 Å². The van der Waals surface area contributed by atoms with Gasteiger partial charge in [-0.15, -0.1) is 0 Å². The Morgan fingerprint density at radius 3 is 2.47 bits per heavy atom. The van der Waals surface area contributed by atoms with E-state index in [1.165, 1.54) is 7.11 Å². The largest absolute Gasteiger partial charge is 0.342 e. The molecule has 0 spiro atoms. The Labute approximate surface area is 100 Å². The Balaban J connectivity index is 1.82. The molecular formula is C11H18O6. The van der Waals surface area contributed by atoms with Crippen molar-refractivity contribution in [1.29, 1.82) is 0 Å². The molecule has 3 aliphatic heterocycles. The summed E-state index contributed by atoms with van der Waals surface area (Å²) in [6.45, 7) is 5.84. The Morgan fingerprint density at radius 2 is 1.76 bits per heavy atom. The molecule has 98 valence electrons. The number of hydrogen-bond donors (Lipinski definition) is 0. The Kier molecular flexibility index (Phi) is 2.52. The first-order valence-electron chi connectivity index (χ1n) is 5.80. The molecule has 0 aromatic rings. The van der Waals surface area contributed by atoms with Gasteiger partial charge < -0.3 is 23.7 Å². The molecule has 0 N–H and O–H groups in total. The summed E-state index contributed by atoms with van der Waals surface area (Å²) in [6.07, 6.45) is -1.06. The molecule has 0 aliphatic carbocycles. The van der Waals surface area contributed by atoms with E-state index in [1.807, 2.05) is 13.8 Å². The van der Waals surface area contributed by atoms with Crippen LogP contribution in [-0.2, 0) is 28.4 Å². The topological polar surface area (TPSA) is 55.4 Å². The zero-order chi connectivity index (χ0) is 12.3. The third-order valence-corrected chi connectivity index (χ3v) is 3.32. The maximum absolute atomic E-state index is 5.80. The molecule has 0 aromatic carbocycles. The molecule has 6 heteroatoms. The fraction of sp³-hybridized carbons (Fsp3) is 1.00. The average Bonchev–Trinajstić information content (AvgIpc) is 2.64. The number of rotatable bonds is 1. The summed E-state index contributed by atoms with van der Waals surface area (Å²) in [4.78, 5) is 0. The van der Waals surface area contributed by atoms with Gasteiger partial charge in [0.05, 0.1) is 6.61 Å². The van der Waals surface area contributed by atoms with E-state index >= 15 is 0 Å². The lowest BCUT2D eigenvalue weighted by Gasteiger charge is -2.30. The Hall–Kier alpha value is -0.240. The van der Waals surface area contributed by atoms with Crippen LogP contribution in [0, 0.1) is 0 Å². The first kappa shape index (κ1) is 11.8. The smallest absolute Gasteiger partial charge is 0.282 e. The summed E-state index contributed by atoms with van der Waals surface area (Å²) in [6, 6.07) is 0. The van der Waals surface area contributed by atoms with Crippen LogP contribution in [0.1, 0.15) is 20.8 Å². The minimum absolute atomic E-state index is 0.142. The molecule has 0 saturated carbocycles. The lowest BCUT2D eigenvalue weighted by atomic mass is 10.1. The molecule has 0 radical (unpaired) electrons. The third-order valence-electron chi connectivity index (χ3n) is 3.32. The van der Waals surface area contributed by atoms with Gasteiger partial charge in [0.1, 0.15) is 18.3 Å². The fourth-order valence-electron chi connectivity index (χ4n) is 2.46. The van der Waals surface area contributed by atoms with Crippen molar-refractivity contribution in [3.8, 4) is 0 Å². The summed E-state index contributed by atoms with van der Waals surface area (Å²) in [5, 5.41) is 0. The van der Waals surface area contributed by atoms with E-state index in [0.29, 0.717) is 6.61 Å². The lowest BCUT2D eigenvalue weighted by molar-refractivity contribution is -0.390. The summed E-state index contributed by atoms with van der Waals surface area (Å²) < 4.78 is 33.7. The van der Waals surface area contributed by atoms with Crippen molar-refractivity contribution in [1.82, 2.24) is 0 Å². The summed E-state index contributed by atoms with van der Waals surface area (Å²) in [7, 11) is 1.53. The summed E-state index contributed by atoms with van der Waals surface area (Å²) in [5.74, 6) is -1.69. The minimum atomic E-state index is -1.08. The second-order valence-corrected chi connectivity index (χ2v) is 5.10. The second-order valence-electron chi connectivity index (χ2n) is 5.10. The molecule has 3 saturated heterocycles. The Bertz CT molecular complexity index is 319. The van der Waals surface area contributed by atoms with Crippen LogP contribution >= 0.6 is 0 Å². The van der Waals surface area contributed by atoms with Crippen molar-refractivity contribution in [2.45, 2.75) is 57.1 Å². The van der Waals surface area contributed by atoms with E-state index in [0.717, 1.165) is 0 Å². The van der Waals surface area contributed by atoms with E-state index in [9.17, 15) is 0 Å². The van der Waals surface area contributed by atoms with Gasteiger partial charge in [-0.25, -0.2) is 0 Å². The maximum atomic E-state index is 5.80. The molecule has 0 amide bonds. The standard InChI is InChI=1S/C11H18O6/c1-10(2)15-7-6-5-13-11(3,12-4)17-9(14-6)8(7)16-10/h6-9H,5H2,1-4H3/t6-,7-,8-,9+,11?/m1/s1. The van der Waals surface area contributed by atoms with E-state index in [-0.39, 0.29) is 18.3 Å². The number of hydrogen-bond acceptors (Lipinski definition) is 6. The normalized spacial score (nSPS) is 52.2. The van der Waals surface area contributed by atoms with Crippen LogP contribution < -0.4 is 0 Å². The molecule has 17 heavy (non-hydrogen) atoms. The average molecular weight is 246 g/mol. The molecule has 1 unspecified atom stereocenters. The zero-order valence-electron chi connectivity index (χ0n) is 10.5. The van der Waals surface area contributed by atoms with Crippen LogP contribution in [0.5, 0.6) is 0 Å². The highest BCUT2D eigenvalue weighted by atomic mass is 16.9. The summed E-state index contributed by atoms with van der Waals surface area (Å²) >= 11 is 0. The highest BCUT2D eigenvalue weighted by Crippen LogP contribution is 2.42. The van der Waals surface area contributed by atoms with Crippen LogP contribution in [0.25, 0.3) is 0 Å². The van der Waals surface area contributed by atoms with Crippen molar-refractivity contribution >= 4 is 0 Å². The maximum Gasteiger partial charge on any atom is 0.282 e. The third kappa shape index (κ3) is 1.89. The van der Waals surface area contributed by atoms with Gasteiger partial charge in [-0.3, -0.25) is 4.74 Å². The van der Waals surface area contributed by atoms with Crippen LogP contribution in [0.15, 0.2) is 0 Å². The van der Waals surface area contributed by atoms with Crippen molar-refractivity contribution in [2.24, 2.45) is 0 Å². The molecule has 2 bridgehead atoms. The monoisotopic (exact) mass is 246 g/mol. The Morgan fingerprint density at radius 1 is 1.06 bits per heavy atom. The van der Waals surface area contributed by atoms with Gasteiger partial charge in [-0.2, -0.15) is 0 Å². The molecule has 0 aromatic heterocycles. The number of fused-ring (bicyclic) bond motifs is 5. The van der Waals surface area contributed by atoms with E-state index in [2.05, 4.69) is 0 Å². The molecular weight excluding hydrogens is 228 g/mol. The van der Waals surface area contributed by atoms with Gasteiger partial charge in [0, 0.05) is 14.0 Å². The van der Waals surface area contributed by atoms with Crippen molar-refractivity contribution in [3.05, 3.63) is 0 Å². The summed E-state index contributed by atoms with van der Waals surface area (Å²) in [5.41, 5.74) is 0. The minimum Gasteiger partial charge on any atom is -0.342 e. The first-order chi connectivity index (χ1) is 7.92.